The number of thiophene rings is 1. The van der Waals surface area contributed by atoms with Gasteiger partial charge in [-0.25, -0.2) is 0 Å². The molecular formula is C19H27N3O3S. The second kappa shape index (κ2) is 8.22. The molecule has 1 saturated heterocycles. The third-order valence-electron chi connectivity index (χ3n) is 3.26. The molecule has 0 bridgehead atoms. The molecule has 2 aromatic rings. The maximum Gasteiger partial charge on any atom is 0.268 e. The van der Waals surface area contributed by atoms with E-state index in [2.05, 4.69) is 0 Å². The van der Waals surface area contributed by atoms with Gasteiger partial charge in [0.25, 0.3) is 11.5 Å². The van der Waals surface area contributed by atoms with Crippen molar-refractivity contribution in [1.82, 2.24) is 14.8 Å². The van der Waals surface area contributed by atoms with Gasteiger partial charge in [-0.2, -0.15) is 0 Å². The lowest BCUT2D eigenvalue weighted by atomic mass is 10.1. The van der Waals surface area contributed by atoms with Crippen molar-refractivity contribution in [3.8, 4) is 5.75 Å². The molecule has 2 aromatic heterocycles. The molecule has 2 N–H and O–H groups in total. The topological polar surface area (TPSA) is 74.6 Å². The van der Waals surface area contributed by atoms with Gasteiger partial charge < -0.3 is 15.3 Å². The van der Waals surface area contributed by atoms with E-state index in [1.807, 2.05) is 0 Å². The van der Waals surface area contributed by atoms with Crippen molar-refractivity contribution in [2.45, 2.75) is 45.3 Å². The number of hydrogen-bond donors (Lipinski definition) is 2. The summed E-state index contributed by atoms with van der Waals surface area (Å²) < 4.78 is 153. The molecule has 0 saturated carbocycles. The summed E-state index contributed by atoms with van der Waals surface area (Å²) in [5.74, 6) is -3.12. The maximum atomic E-state index is 13.5. The molecule has 3 atom stereocenters. The van der Waals surface area contributed by atoms with Crippen molar-refractivity contribution < 1.29 is 36.0 Å². The minimum Gasteiger partial charge on any atom is -0.506 e. The predicted octanol–water partition coefficient (Wildman–Crippen LogP) is 2.96. The van der Waals surface area contributed by atoms with Crippen LogP contribution in [0, 0.1) is 0 Å². The minimum atomic E-state index is -3.79. The molecule has 1 aliphatic heterocycles. The van der Waals surface area contributed by atoms with Crippen molar-refractivity contribution >= 4 is 27.5 Å². The van der Waals surface area contributed by atoms with E-state index in [9.17, 15) is 14.7 Å². The van der Waals surface area contributed by atoms with Crippen molar-refractivity contribution in [3.63, 3.8) is 0 Å². The minimum absolute atomic E-state index is 0.234. The third kappa shape index (κ3) is 3.78. The maximum absolute atomic E-state index is 13.5. The molecule has 0 spiro atoms. The van der Waals surface area contributed by atoms with Gasteiger partial charge in [0.05, 0.1) is 9.50 Å². The second-order valence-electron chi connectivity index (χ2n) is 4.96. The molecule has 6 nitrogen and oxygen atoms in total. The van der Waals surface area contributed by atoms with Crippen molar-refractivity contribution in [2.75, 3.05) is 26.0 Å². The number of carbonyl (C=O) groups is 1. The molecular weight excluding hydrogens is 350 g/mol. The lowest BCUT2D eigenvalue weighted by molar-refractivity contribution is 0.0946. The predicted molar refractivity (Wildman–Crippen MR) is 105 cm³/mol. The third-order valence-corrected chi connectivity index (χ3v) is 4.04. The van der Waals surface area contributed by atoms with E-state index in [4.69, 9.17) is 26.1 Å². The van der Waals surface area contributed by atoms with Gasteiger partial charge in [-0.15, -0.1) is 11.3 Å². The summed E-state index contributed by atoms with van der Waals surface area (Å²) >= 11 is 0.349. The number of likely N-dealkylation sites (tertiary alicyclic amines) is 1. The summed E-state index contributed by atoms with van der Waals surface area (Å²) in [5.41, 5.74) is -3.05. The second-order valence-corrected chi connectivity index (χ2v) is 5.76. The van der Waals surface area contributed by atoms with E-state index in [-0.39, 0.29) is 14.8 Å². The zero-order chi connectivity index (χ0) is 35.4. The number of nitrogens with zero attached hydrogens (tertiary/aromatic N) is 2. The van der Waals surface area contributed by atoms with E-state index < -0.39 is 109 Å². The Balaban J connectivity index is 2.12. The average molecular weight is 397 g/mol. The van der Waals surface area contributed by atoms with Gasteiger partial charge in [-0.1, -0.05) is 6.37 Å². The van der Waals surface area contributed by atoms with Crippen LogP contribution in [0.5, 0.6) is 5.75 Å². The Bertz CT molecular complexity index is 1550. The average Bonchev–Trinajstić information content (AvgIpc) is 3.14. The van der Waals surface area contributed by atoms with Crippen molar-refractivity contribution in [3.05, 3.63) is 27.3 Å². The van der Waals surface area contributed by atoms with Crippen LogP contribution in [-0.4, -0.2) is 46.5 Å². The molecule has 1 amide bonds. The largest absolute Gasteiger partial charge is 0.506 e. The zero-order valence-electron chi connectivity index (χ0n) is 32.4. The van der Waals surface area contributed by atoms with Crippen LogP contribution < -0.4 is 10.9 Å². The zero-order valence-corrected chi connectivity index (χ0v) is 14.2. The Hall–Kier alpha value is -1.86. The highest BCUT2D eigenvalue weighted by Crippen LogP contribution is 2.31. The summed E-state index contributed by atoms with van der Waals surface area (Å²) in [6.07, 6.45) is -12.6. The van der Waals surface area contributed by atoms with Gasteiger partial charge in [0.1, 0.15) is 16.1 Å². The van der Waals surface area contributed by atoms with Crippen LogP contribution in [0.1, 0.15) is 80.4 Å². The van der Waals surface area contributed by atoms with Crippen molar-refractivity contribution in [1.29, 1.82) is 0 Å². The fourth-order valence-corrected chi connectivity index (χ4v) is 2.97. The monoisotopic (exact) mass is 396 g/mol. The molecule has 3 rings (SSSR count). The standard InChI is InChI=1S/C19H27N3O3S/c1-13(2)22-18(25)15(16(23)14-7-12-26-19(14)22)17(24)20-8-6-11-21-9-4-3-5-10-21/h7,12-13,23H,3-6,8-11H2,1-2H3,(H,20,24)/i1D3,3D2,4D2,5D2,7D,8D,9D2,10D2,11D,12D,13D/hD. The molecule has 1 fully saturated rings. The van der Waals surface area contributed by atoms with Crippen molar-refractivity contribution in [2.24, 2.45) is 0 Å². The van der Waals surface area contributed by atoms with Crippen LogP contribution in [0.25, 0.3) is 10.2 Å². The molecule has 0 aliphatic carbocycles. The number of amides is 1. The van der Waals surface area contributed by atoms with Crippen LogP contribution >= 0.6 is 11.3 Å². The number of aromatic hydroxyl groups is 1. The Morgan fingerprint density at radius 3 is 3.12 bits per heavy atom. The van der Waals surface area contributed by atoms with Crippen LogP contribution in [0.2, 0.25) is 1.41 Å². The summed E-state index contributed by atoms with van der Waals surface area (Å²) in [4.78, 5) is 26.0. The van der Waals surface area contributed by atoms with E-state index in [1.54, 1.807) is 0 Å². The van der Waals surface area contributed by atoms with Gasteiger partial charge >= 0.3 is 0 Å². The van der Waals surface area contributed by atoms with Crippen LogP contribution in [0.3, 0.4) is 0 Å². The number of nitrogens with one attached hydrogen (secondary N) is 1. The number of piperidine rings is 1. The first-order chi connectivity index (χ1) is 19.9. The number of pyridine rings is 1. The summed E-state index contributed by atoms with van der Waals surface area (Å²) in [6, 6.07) is -3.62. The van der Waals surface area contributed by atoms with Gasteiger partial charge in [-0.3, -0.25) is 14.2 Å². The van der Waals surface area contributed by atoms with E-state index in [1.165, 1.54) is 0 Å². The number of rotatable bonds is 6. The SMILES string of the molecule is [2H]c1sc2c(c1[2H])c(O)c(C(=O)N([2H])C([2H])CC([2H])N1C([2H])([2H])C([2H])([2H])C([2H])([2H])C([2H])([2H])C1([2H])[2H])c(=O)n2C([2H])(C)C([2H])([2H])[2H]. The summed E-state index contributed by atoms with van der Waals surface area (Å²) in [7, 11) is 0. The fourth-order valence-electron chi connectivity index (χ4n) is 2.15. The smallest absolute Gasteiger partial charge is 0.268 e. The Morgan fingerprint density at radius 1 is 1.62 bits per heavy atom. The van der Waals surface area contributed by atoms with E-state index in [0.29, 0.717) is 11.3 Å². The van der Waals surface area contributed by atoms with Crippen LogP contribution in [0.15, 0.2) is 16.2 Å². The molecule has 0 aromatic carbocycles. The number of fused-ring (bicyclic) bond motifs is 1. The Morgan fingerprint density at radius 2 is 2.38 bits per heavy atom. The van der Waals surface area contributed by atoms with Gasteiger partial charge in [0.2, 0.25) is 0 Å². The van der Waals surface area contributed by atoms with E-state index in [0.717, 1.165) is 6.92 Å². The number of aromatic nitrogens is 1. The molecule has 26 heavy (non-hydrogen) atoms. The highest BCUT2D eigenvalue weighted by molar-refractivity contribution is 7.16. The highest BCUT2D eigenvalue weighted by Gasteiger charge is 2.23. The Kier molecular flexibility index (Phi) is 2.01. The van der Waals surface area contributed by atoms with E-state index >= 15 is 0 Å². The number of hydrogen-bond acceptors (Lipinski definition) is 5. The first-order valence-corrected chi connectivity index (χ1v) is 8.03. The van der Waals surface area contributed by atoms with Crippen LogP contribution in [-0.2, 0) is 0 Å². The lowest BCUT2D eigenvalue weighted by Crippen LogP contribution is -2.36. The number of carbonyl (C=O) groups excluding carboxylic acids is 1. The molecule has 3 unspecified atom stereocenters. The first-order valence-electron chi connectivity index (χ1n) is 16.8. The Labute approximate surface area is 184 Å². The first kappa shape index (κ1) is 6.34. The van der Waals surface area contributed by atoms with Crippen LogP contribution in [0.4, 0.5) is 0 Å². The lowest BCUT2D eigenvalue weighted by Gasteiger charge is -2.26. The van der Waals surface area contributed by atoms with Gasteiger partial charge in [0, 0.05) is 33.1 Å². The normalized spacial score (nSPS) is 41.2. The highest BCUT2D eigenvalue weighted by atomic mass is 32.1. The fraction of sp³-hybridized carbons (Fsp3) is 0.579. The molecule has 1 aliphatic rings. The molecule has 7 heteroatoms. The molecule has 142 valence electrons. The molecule has 0 radical (unpaired) electrons. The summed E-state index contributed by atoms with van der Waals surface area (Å²) in [6.45, 7) is -14.8. The van der Waals surface area contributed by atoms with Gasteiger partial charge in [-0.05, 0) is 63.9 Å². The van der Waals surface area contributed by atoms with Gasteiger partial charge in [0.15, 0.2) is 1.41 Å². The molecule has 3 heterocycles. The quantitative estimate of drug-likeness (QED) is 0.787. The summed E-state index contributed by atoms with van der Waals surface area (Å²) in [5, 5.41) is 9.22.